The fourth-order valence-corrected chi connectivity index (χ4v) is 4.58. The molecule has 20 heavy (non-hydrogen) atoms. The minimum Gasteiger partial charge on any atom is -0.368 e. The number of aromatic nitrogens is 3. The fraction of sp³-hybridized carbons (Fsp3) is 0.857. The quantitative estimate of drug-likeness (QED) is 0.924. The van der Waals surface area contributed by atoms with Crippen molar-refractivity contribution in [3.63, 3.8) is 0 Å². The summed E-state index contributed by atoms with van der Waals surface area (Å²) in [7, 11) is 0. The predicted molar refractivity (Wildman–Crippen MR) is 79.7 cm³/mol. The van der Waals surface area contributed by atoms with Gasteiger partial charge < -0.3 is 15.0 Å². The third-order valence-corrected chi connectivity index (χ3v) is 5.58. The van der Waals surface area contributed by atoms with Crippen LogP contribution < -0.4 is 5.73 Å². The second kappa shape index (κ2) is 4.71. The lowest BCUT2D eigenvalue weighted by atomic mass is 10.0. The SMILES string of the molecule is CC1(C)CC(Sc2nnc(CN)n2C2CC2)C(C)(C)O1. The zero-order valence-corrected chi connectivity index (χ0v) is 13.5. The lowest BCUT2D eigenvalue weighted by Crippen LogP contribution is -2.31. The van der Waals surface area contributed by atoms with Crippen molar-refractivity contribution < 1.29 is 4.74 Å². The Kier molecular flexibility index (Phi) is 3.38. The van der Waals surface area contributed by atoms with Gasteiger partial charge in [-0.15, -0.1) is 10.2 Å². The van der Waals surface area contributed by atoms with Gasteiger partial charge in [0.15, 0.2) is 5.16 Å². The van der Waals surface area contributed by atoms with E-state index >= 15 is 0 Å². The Hall–Kier alpha value is -0.590. The maximum atomic E-state index is 6.17. The highest BCUT2D eigenvalue weighted by atomic mass is 32.2. The number of ether oxygens (including phenoxy) is 1. The molecule has 3 rings (SSSR count). The summed E-state index contributed by atoms with van der Waals surface area (Å²) in [5.74, 6) is 0.908. The van der Waals surface area contributed by atoms with Crippen LogP contribution in [0.15, 0.2) is 5.16 Å². The summed E-state index contributed by atoms with van der Waals surface area (Å²) >= 11 is 1.80. The number of rotatable bonds is 4. The molecule has 1 aliphatic heterocycles. The third-order valence-electron chi connectivity index (χ3n) is 4.07. The topological polar surface area (TPSA) is 66.0 Å². The van der Waals surface area contributed by atoms with Crippen molar-refractivity contribution in [3.8, 4) is 0 Å². The van der Waals surface area contributed by atoms with Crippen molar-refractivity contribution in [2.75, 3.05) is 0 Å². The van der Waals surface area contributed by atoms with Gasteiger partial charge in [0.1, 0.15) is 5.82 Å². The van der Waals surface area contributed by atoms with E-state index in [2.05, 4.69) is 42.5 Å². The van der Waals surface area contributed by atoms with Gasteiger partial charge in [0.05, 0.1) is 17.7 Å². The molecule has 1 atom stereocenters. The third kappa shape index (κ3) is 2.61. The van der Waals surface area contributed by atoms with E-state index in [1.165, 1.54) is 12.8 Å². The van der Waals surface area contributed by atoms with Gasteiger partial charge in [0.2, 0.25) is 0 Å². The Morgan fingerprint density at radius 3 is 2.50 bits per heavy atom. The van der Waals surface area contributed by atoms with Crippen molar-refractivity contribution in [2.45, 2.75) is 81.2 Å². The average Bonchev–Trinajstić information content (AvgIpc) is 3.03. The molecular formula is C14H24N4OS. The number of hydrogen-bond acceptors (Lipinski definition) is 5. The standard InChI is InChI=1S/C14H24N4OS/c1-13(2)7-10(14(3,4)19-13)20-12-17-16-11(8-15)18(12)9-5-6-9/h9-10H,5-8,15H2,1-4H3. The molecule has 2 N–H and O–H groups in total. The fourth-order valence-electron chi connectivity index (χ4n) is 3.05. The number of thioether (sulfide) groups is 1. The molecule has 1 aromatic rings. The highest BCUT2D eigenvalue weighted by molar-refractivity contribution is 7.99. The Bertz CT molecular complexity index is 507. The maximum Gasteiger partial charge on any atom is 0.191 e. The van der Waals surface area contributed by atoms with Gasteiger partial charge in [0.25, 0.3) is 0 Å². The van der Waals surface area contributed by atoms with Gasteiger partial charge in [-0.2, -0.15) is 0 Å². The maximum absolute atomic E-state index is 6.17. The summed E-state index contributed by atoms with van der Waals surface area (Å²) in [5, 5.41) is 10.0. The van der Waals surface area contributed by atoms with Crippen LogP contribution in [0.25, 0.3) is 0 Å². The van der Waals surface area contributed by atoms with Crippen LogP contribution in [-0.4, -0.2) is 31.2 Å². The van der Waals surface area contributed by atoms with Crippen LogP contribution in [0, 0.1) is 0 Å². The van der Waals surface area contributed by atoms with E-state index in [9.17, 15) is 0 Å². The van der Waals surface area contributed by atoms with E-state index in [1.807, 2.05) is 0 Å². The first-order valence-corrected chi connectivity index (χ1v) is 8.21. The monoisotopic (exact) mass is 296 g/mol. The average molecular weight is 296 g/mol. The zero-order chi connectivity index (χ0) is 14.5. The van der Waals surface area contributed by atoms with Crippen LogP contribution in [0.3, 0.4) is 0 Å². The minimum absolute atomic E-state index is 0.0672. The van der Waals surface area contributed by atoms with Gasteiger partial charge in [-0.05, 0) is 47.0 Å². The molecule has 2 aliphatic rings. The van der Waals surface area contributed by atoms with Gasteiger partial charge in [-0.3, -0.25) is 0 Å². The Morgan fingerprint density at radius 2 is 2.00 bits per heavy atom. The summed E-state index contributed by atoms with van der Waals surface area (Å²) in [6.07, 6.45) is 3.46. The van der Waals surface area contributed by atoms with Crippen LogP contribution in [0.5, 0.6) is 0 Å². The molecule has 2 fully saturated rings. The van der Waals surface area contributed by atoms with E-state index in [1.54, 1.807) is 11.8 Å². The lowest BCUT2D eigenvalue weighted by Gasteiger charge is -2.26. The molecule has 0 amide bonds. The smallest absolute Gasteiger partial charge is 0.191 e. The summed E-state index contributed by atoms with van der Waals surface area (Å²) in [6.45, 7) is 9.11. The molecule has 0 radical (unpaired) electrons. The number of nitrogens with zero attached hydrogens (tertiary/aromatic N) is 3. The second-order valence-electron chi connectivity index (χ2n) is 6.98. The molecule has 1 aliphatic carbocycles. The zero-order valence-electron chi connectivity index (χ0n) is 12.7. The van der Waals surface area contributed by atoms with Crippen LogP contribution in [0.1, 0.15) is 58.8 Å². The Balaban J connectivity index is 1.83. The molecule has 112 valence electrons. The van der Waals surface area contributed by atoms with Gasteiger partial charge >= 0.3 is 0 Å². The van der Waals surface area contributed by atoms with Crippen molar-refractivity contribution in [3.05, 3.63) is 5.82 Å². The van der Waals surface area contributed by atoms with Crippen LogP contribution in [0.2, 0.25) is 0 Å². The molecule has 5 nitrogen and oxygen atoms in total. The summed E-state index contributed by atoms with van der Waals surface area (Å²) in [6, 6.07) is 0.560. The Labute approximate surface area is 124 Å². The van der Waals surface area contributed by atoms with Gasteiger partial charge in [0, 0.05) is 11.3 Å². The van der Waals surface area contributed by atoms with E-state index < -0.39 is 0 Å². The first-order chi connectivity index (χ1) is 9.32. The van der Waals surface area contributed by atoms with E-state index in [4.69, 9.17) is 10.5 Å². The van der Waals surface area contributed by atoms with Gasteiger partial charge in [-0.25, -0.2) is 0 Å². The largest absolute Gasteiger partial charge is 0.368 e. The lowest BCUT2D eigenvalue weighted by molar-refractivity contribution is -0.0631. The molecule has 1 unspecified atom stereocenters. The first-order valence-electron chi connectivity index (χ1n) is 7.33. The molecular weight excluding hydrogens is 272 g/mol. The van der Waals surface area contributed by atoms with E-state index in [0.717, 1.165) is 17.4 Å². The van der Waals surface area contributed by atoms with E-state index in [0.29, 0.717) is 17.8 Å². The minimum atomic E-state index is -0.141. The second-order valence-corrected chi connectivity index (χ2v) is 8.15. The predicted octanol–water partition coefficient (Wildman–Crippen LogP) is 2.51. The highest BCUT2D eigenvalue weighted by Crippen LogP contribution is 2.47. The normalized spacial score (nSPS) is 27.9. The summed E-state index contributed by atoms with van der Waals surface area (Å²) in [4.78, 5) is 0. The molecule has 1 saturated carbocycles. The number of hydrogen-bond donors (Lipinski definition) is 1. The van der Waals surface area contributed by atoms with Crippen molar-refractivity contribution in [2.24, 2.45) is 5.73 Å². The first kappa shape index (κ1) is 14.4. The van der Waals surface area contributed by atoms with E-state index in [-0.39, 0.29) is 11.2 Å². The molecule has 0 bridgehead atoms. The van der Waals surface area contributed by atoms with Crippen LogP contribution in [0.4, 0.5) is 0 Å². The summed E-state index contributed by atoms with van der Waals surface area (Å²) < 4.78 is 8.41. The molecule has 1 saturated heterocycles. The Morgan fingerprint density at radius 1 is 1.30 bits per heavy atom. The van der Waals surface area contributed by atoms with Crippen molar-refractivity contribution in [1.82, 2.24) is 14.8 Å². The summed E-state index contributed by atoms with van der Waals surface area (Å²) in [5.41, 5.74) is 5.57. The molecule has 1 aromatic heterocycles. The molecule has 0 spiro atoms. The van der Waals surface area contributed by atoms with Crippen molar-refractivity contribution in [1.29, 1.82) is 0 Å². The van der Waals surface area contributed by atoms with Crippen molar-refractivity contribution >= 4 is 11.8 Å². The molecule has 2 heterocycles. The van der Waals surface area contributed by atoms with Gasteiger partial charge in [-0.1, -0.05) is 11.8 Å². The highest BCUT2D eigenvalue weighted by Gasteiger charge is 2.47. The van der Waals surface area contributed by atoms with Crippen LogP contribution in [-0.2, 0) is 11.3 Å². The molecule has 6 heteroatoms. The number of nitrogens with two attached hydrogens (primary N) is 1. The molecule has 0 aromatic carbocycles. The van der Waals surface area contributed by atoms with Crippen LogP contribution >= 0.6 is 11.8 Å².